The van der Waals surface area contributed by atoms with Gasteiger partial charge in [0.2, 0.25) is 0 Å². The van der Waals surface area contributed by atoms with Crippen molar-refractivity contribution in [1.29, 1.82) is 0 Å². The second kappa shape index (κ2) is 5.72. The predicted octanol–water partition coefficient (Wildman–Crippen LogP) is 3.38. The molecule has 0 saturated heterocycles. The summed E-state index contributed by atoms with van der Waals surface area (Å²) in [4.78, 5) is 0. The van der Waals surface area contributed by atoms with Gasteiger partial charge in [-0.1, -0.05) is 23.2 Å². The standard InChI is InChI=1S/C14H16Cl2N4/c1-9(14-19-18-13-3-2-4-20(13)14)17-8-10-5-11(15)7-12(16)6-10/h5-7,9,17H,2-4,8H2,1H3. The predicted molar refractivity (Wildman–Crippen MR) is 80.1 cm³/mol. The fourth-order valence-electron chi connectivity index (χ4n) is 2.57. The van der Waals surface area contributed by atoms with E-state index in [0.29, 0.717) is 16.6 Å². The number of nitrogens with one attached hydrogen (secondary N) is 1. The van der Waals surface area contributed by atoms with Crippen molar-refractivity contribution in [2.75, 3.05) is 0 Å². The molecule has 0 bridgehead atoms. The lowest BCUT2D eigenvalue weighted by Gasteiger charge is -2.14. The van der Waals surface area contributed by atoms with Gasteiger partial charge < -0.3 is 9.88 Å². The number of benzene rings is 1. The van der Waals surface area contributed by atoms with Crippen LogP contribution in [-0.4, -0.2) is 14.8 Å². The molecule has 4 nitrogen and oxygen atoms in total. The molecule has 0 fully saturated rings. The minimum absolute atomic E-state index is 0.145. The van der Waals surface area contributed by atoms with E-state index in [1.807, 2.05) is 12.1 Å². The number of aryl methyl sites for hydroxylation is 1. The van der Waals surface area contributed by atoms with E-state index in [9.17, 15) is 0 Å². The molecule has 2 aromatic rings. The summed E-state index contributed by atoms with van der Waals surface area (Å²) >= 11 is 12.0. The second-order valence-corrected chi connectivity index (χ2v) is 5.98. The van der Waals surface area contributed by atoms with Crippen LogP contribution >= 0.6 is 23.2 Å². The molecule has 1 unspecified atom stereocenters. The average Bonchev–Trinajstić information content (AvgIpc) is 2.96. The lowest BCUT2D eigenvalue weighted by Crippen LogP contribution is -2.21. The zero-order valence-corrected chi connectivity index (χ0v) is 12.7. The highest BCUT2D eigenvalue weighted by molar-refractivity contribution is 6.34. The van der Waals surface area contributed by atoms with Crippen molar-refractivity contribution in [3.05, 3.63) is 45.5 Å². The first-order valence-corrected chi connectivity index (χ1v) is 7.49. The summed E-state index contributed by atoms with van der Waals surface area (Å²) in [5.74, 6) is 2.10. The first kappa shape index (κ1) is 13.9. The molecule has 106 valence electrons. The van der Waals surface area contributed by atoms with Crippen LogP contribution in [0.1, 0.15) is 36.6 Å². The minimum atomic E-state index is 0.145. The maximum absolute atomic E-state index is 6.00. The fraction of sp³-hybridized carbons (Fsp3) is 0.429. The van der Waals surface area contributed by atoms with Crippen molar-refractivity contribution in [3.8, 4) is 0 Å². The van der Waals surface area contributed by atoms with Crippen molar-refractivity contribution in [2.24, 2.45) is 0 Å². The highest BCUT2D eigenvalue weighted by atomic mass is 35.5. The van der Waals surface area contributed by atoms with Gasteiger partial charge in [-0.25, -0.2) is 0 Å². The topological polar surface area (TPSA) is 42.7 Å². The molecule has 2 heterocycles. The monoisotopic (exact) mass is 310 g/mol. The Morgan fingerprint density at radius 3 is 2.75 bits per heavy atom. The molecule has 1 N–H and O–H groups in total. The molecule has 1 aromatic carbocycles. The van der Waals surface area contributed by atoms with Crippen LogP contribution in [0.15, 0.2) is 18.2 Å². The summed E-state index contributed by atoms with van der Waals surface area (Å²) in [6.07, 6.45) is 2.19. The van der Waals surface area contributed by atoms with Crippen LogP contribution in [0.5, 0.6) is 0 Å². The van der Waals surface area contributed by atoms with Gasteiger partial charge in [-0.2, -0.15) is 0 Å². The van der Waals surface area contributed by atoms with Crippen LogP contribution in [0.4, 0.5) is 0 Å². The average molecular weight is 311 g/mol. The van der Waals surface area contributed by atoms with E-state index < -0.39 is 0 Å². The fourth-order valence-corrected chi connectivity index (χ4v) is 3.14. The summed E-state index contributed by atoms with van der Waals surface area (Å²) in [5, 5.41) is 13.3. The molecule has 0 amide bonds. The molecule has 0 aliphatic carbocycles. The van der Waals surface area contributed by atoms with Crippen molar-refractivity contribution in [1.82, 2.24) is 20.1 Å². The summed E-state index contributed by atoms with van der Waals surface area (Å²) in [6, 6.07) is 5.72. The van der Waals surface area contributed by atoms with Gasteiger partial charge >= 0.3 is 0 Å². The van der Waals surface area contributed by atoms with Gasteiger partial charge in [-0.15, -0.1) is 10.2 Å². The van der Waals surface area contributed by atoms with E-state index in [4.69, 9.17) is 23.2 Å². The number of hydrogen-bond donors (Lipinski definition) is 1. The van der Waals surface area contributed by atoms with E-state index in [-0.39, 0.29) is 6.04 Å². The number of fused-ring (bicyclic) bond motifs is 1. The van der Waals surface area contributed by atoms with Gasteiger partial charge in [-0.3, -0.25) is 0 Å². The van der Waals surface area contributed by atoms with E-state index in [2.05, 4.69) is 27.0 Å². The SMILES string of the molecule is CC(NCc1cc(Cl)cc(Cl)c1)c1nnc2n1CCC2. The van der Waals surface area contributed by atoms with Gasteiger partial charge in [0, 0.05) is 29.6 Å². The van der Waals surface area contributed by atoms with E-state index in [1.54, 1.807) is 6.07 Å². The summed E-state index contributed by atoms with van der Waals surface area (Å²) in [6.45, 7) is 3.82. The van der Waals surface area contributed by atoms with Gasteiger partial charge in [0.05, 0.1) is 6.04 Å². The normalized spacial score (nSPS) is 15.3. The van der Waals surface area contributed by atoms with E-state index >= 15 is 0 Å². The third-order valence-electron chi connectivity index (χ3n) is 3.56. The van der Waals surface area contributed by atoms with Crippen LogP contribution in [0.25, 0.3) is 0 Å². The molecule has 6 heteroatoms. The van der Waals surface area contributed by atoms with Crippen molar-refractivity contribution in [2.45, 2.75) is 38.9 Å². The van der Waals surface area contributed by atoms with Crippen molar-refractivity contribution >= 4 is 23.2 Å². The van der Waals surface area contributed by atoms with Crippen LogP contribution < -0.4 is 5.32 Å². The van der Waals surface area contributed by atoms with E-state index in [0.717, 1.165) is 36.6 Å². The quantitative estimate of drug-likeness (QED) is 0.941. The smallest absolute Gasteiger partial charge is 0.149 e. The number of aromatic nitrogens is 3. The molecular formula is C14H16Cl2N4. The number of nitrogens with zero attached hydrogens (tertiary/aromatic N) is 3. The minimum Gasteiger partial charge on any atom is -0.314 e. The van der Waals surface area contributed by atoms with Gasteiger partial charge in [-0.05, 0) is 37.1 Å². The molecule has 0 radical (unpaired) electrons. The lowest BCUT2D eigenvalue weighted by molar-refractivity contribution is 0.516. The molecule has 1 atom stereocenters. The van der Waals surface area contributed by atoms with Crippen LogP contribution in [0, 0.1) is 0 Å². The maximum atomic E-state index is 6.00. The van der Waals surface area contributed by atoms with Gasteiger partial charge in [0.15, 0.2) is 0 Å². The Hall–Kier alpha value is -1.10. The van der Waals surface area contributed by atoms with E-state index in [1.165, 1.54) is 0 Å². The zero-order valence-electron chi connectivity index (χ0n) is 11.2. The molecule has 1 aliphatic rings. The highest BCUT2D eigenvalue weighted by Gasteiger charge is 2.20. The number of halogens is 2. The largest absolute Gasteiger partial charge is 0.314 e. The second-order valence-electron chi connectivity index (χ2n) is 5.11. The maximum Gasteiger partial charge on any atom is 0.149 e. The molecule has 1 aromatic heterocycles. The Balaban J connectivity index is 1.68. The Kier molecular flexibility index (Phi) is 3.96. The molecule has 20 heavy (non-hydrogen) atoms. The van der Waals surface area contributed by atoms with Gasteiger partial charge in [0.25, 0.3) is 0 Å². The first-order valence-electron chi connectivity index (χ1n) is 6.74. The lowest BCUT2D eigenvalue weighted by atomic mass is 10.2. The van der Waals surface area contributed by atoms with Crippen LogP contribution in [0.2, 0.25) is 10.0 Å². The van der Waals surface area contributed by atoms with Crippen LogP contribution in [0.3, 0.4) is 0 Å². The Morgan fingerprint density at radius 2 is 2.00 bits per heavy atom. The number of rotatable bonds is 4. The number of hydrogen-bond acceptors (Lipinski definition) is 3. The Labute approximate surface area is 128 Å². The molecule has 0 spiro atoms. The van der Waals surface area contributed by atoms with Crippen molar-refractivity contribution in [3.63, 3.8) is 0 Å². The molecule has 0 saturated carbocycles. The Morgan fingerprint density at radius 1 is 1.25 bits per heavy atom. The molecule has 1 aliphatic heterocycles. The third kappa shape index (κ3) is 2.82. The highest BCUT2D eigenvalue weighted by Crippen LogP contribution is 2.21. The molecule has 3 rings (SSSR count). The molecular weight excluding hydrogens is 295 g/mol. The summed E-state index contributed by atoms with van der Waals surface area (Å²) < 4.78 is 2.21. The third-order valence-corrected chi connectivity index (χ3v) is 4.00. The van der Waals surface area contributed by atoms with Gasteiger partial charge in [0.1, 0.15) is 11.6 Å². The van der Waals surface area contributed by atoms with Crippen LogP contribution in [-0.2, 0) is 19.5 Å². The zero-order chi connectivity index (χ0) is 14.1. The summed E-state index contributed by atoms with van der Waals surface area (Å²) in [7, 11) is 0. The van der Waals surface area contributed by atoms with Crippen molar-refractivity contribution < 1.29 is 0 Å². The Bertz CT molecular complexity index is 603. The summed E-state index contributed by atoms with van der Waals surface area (Å²) in [5.41, 5.74) is 1.07. The first-order chi connectivity index (χ1) is 9.63.